The van der Waals surface area contributed by atoms with Crippen molar-refractivity contribution >= 4 is 13.1 Å². The molecule has 0 bridgehead atoms. The quantitative estimate of drug-likeness (QED) is 0.585. The topological polar surface area (TPSA) is 77.8 Å². The predicted molar refractivity (Wildman–Crippen MR) is 52.7 cm³/mol. The molecule has 3 N–H and O–H groups in total. The van der Waals surface area contributed by atoms with Crippen molar-refractivity contribution in [2.75, 3.05) is 0 Å². The molecule has 0 spiro atoms. The average molecular weight is 200 g/mol. The number of rotatable bonds is 4. The first-order chi connectivity index (χ1) is 6.59. The summed E-state index contributed by atoms with van der Waals surface area (Å²) in [5, 5.41) is 26.2. The summed E-state index contributed by atoms with van der Waals surface area (Å²) in [5.74, 6) is -0.574. The van der Waals surface area contributed by atoms with E-state index in [-0.39, 0.29) is 5.92 Å². The van der Waals surface area contributed by atoms with Crippen LogP contribution in [0.4, 0.5) is 0 Å². The summed E-state index contributed by atoms with van der Waals surface area (Å²) in [6, 6.07) is 0. The number of carboxylic acid groups (broad SMARTS) is 1. The highest BCUT2D eigenvalue weighted by molar-refractivity contribution is 6.40. The first-order valence-corrected chi connectivity index (χ1v) is 5.18. The van der Waals surface area contributed by atoms with Gasteiger partial charge in [-0.1, -0.05) is 19.3 Å². The summed E-state index contributed by atoms with van der Waals surface area (Å²) in [6.45, 7) is 0. The zero-order chi connectivity index (χ0) is 10.6. The molecule has 0 aromatic carbocycles. The fourth-order valence-electron chi connectivity index (χ4n) is 2.16. The molecule has 1 fully saturated rings. The Balaban J connectivity index is 2.29. The lowest BCUT2D eigenvalue weighted by Gasteiger charge is -2.26. The summed E-state index contributed by atoms with van der Waals surface area (Å²) >= 11 is 0. The molecule has 0 aromatic heterocycles. The van der Waals surface area contributed by atoms with E-state index >= 15 is 0 Å². The van der Waals surface area contributed by atoms with Crippen LogP contribution >= 0.6 is 0 Å². The third-order valence-corrected chi connectivity index (χ3v) is 2.97. The molecule has 0 amide bonds. The number of hydrogen-bond donors (Lipinski definition) is 3. The first-order valence-electron chi connectivity index (χ1n) is 5.18. The van der Waals surface area contributed by atoms with Crippen molar-refractivity contribution in [1.82, 2.24) is 0 Å². The Kier molecular flexibility index (Phi) is 4.42. The maximum absolute atomic E-state index is 10.7. The molecule has 14 heavy (non-hydrogen) atoms. The van der Waals surface area contributed by atoms with Crippen LogP contribution in [0.3, 0.4) is 0 Å². The second-order valence-electron chi connectivity index (χ2n) is 4.13. The van der Waals surface area contributed by atoms with Gasteiger partial charge in [-0.25, -0.2) is 0 Å². The highest BCUT2D eigenvalue weighted by atomic mass is 16.4. The molecule has 1 saturated carbocycles. The Morgan fingerprint density at radius 2 is 2.07 bits per heavy atom. The zero-order valence-corrected chi connectivity index (χ0v) is 8.22. The average Bonchev–Trinajstić information content (AvgIpc) is 2.15. The molecule has 0 saturated heterocycles. The molecular formula is C9H17BO4. The second kappa shape index (κ2) is 5.36. The van der Waals surface area contributed by atoms with E-state index in [1.54, 1.807) is 0 Å². The van der Waals surface area contributed by atoms with Crippen molar-refractivity contribution in [1.29, 1.82) is 0 Å². The Hall–Kier alpha value is -0.545. The van der Waals surface area contributed by atoms with E-state index in [1.165, 1.54) is 0 Å². The van der Waals surface area contributed by atoms with Gasteiger partial charge in [-0.2, -0.15) is 0 Å². The Labute approximate surface area is 84.1 Å². The van der Waals surface area contributed by atoms with Crippen LogP contribution in [-0.2, 0) is 4.79 Å². The fraction of sp³-hybridized carbons (Fsp3) is 0.889. The molecule has 0 heterocycles. The van der Waals surface area contributed by atoms with Crippen molar-refractivity contribution in [2.24, 2.45) is 11.8 Å². The van der Waals surface area contributed by atoms with Gasteiger partial charge >= 0.3 is 13.1 Å². The monoisotopic (exact) mass is 200 g/mol. The van der Waals surface area contributed by atoms with E-state index in [0.29, 0.717) is 18.7 Å². The van der Waals surface area contributed by atoms with Crippen molar-refractivity contribution < 1.29 is 19.9 Å². The van der Waals surface area contributed by atoms with Crippen LogP contribution in [0.25, 0.3) is 0 Å². The summed E-state index contributed by atoms with van der Waals surface area (Å²) in [4.78, 5) is 10.7. The van der Waals surface area contributed by atoms with Gasteiger partial charge in [0.2, 0.25) is 0 Å². The maximum atomic E-state index is 10.7. The minimum absolute atomic E-state index is 0.218. The lowest BCUT2D eigenvalue weighted by molar-refractivity contribution is -0.143. The van der Waals surface area contributed by atoms with E-state index in [2.05, 4.69) is 0 Å². The fourth-order valence-corrected chi connectivity index (χ4v) is 2.16. The zero-order valence-electron chi connectivity index (χ0n) is 8.22. The van der Waals surface area contributed by atoms with Crippen LogP contribution in [0.5, 0.6) is 0 Å². The normalized spacial score (nSPS) is 27.3. The molecule has 0 radical (unpaired) electrons. The van der Waals surface area contributed by atoms with Crippen molar-refractivity contribution in [3.05, 3.63) is 0 Å². The van der Waals surface area contributed by atoms with Gasteiger partial charge in [0.15, 0.2) is 0 Å². The van der Waals surface area contributed by atoms with E-state index < -0.39 is 13.1 Å². The second-order valence-corrected chi connectivity index (χ2v) is 4.13. The number of aliphatic carboxylic acids is 1. The van der Waals surface area contributed by atoms with Gasteiger partial charge < -0.3 is 15.2 Å². The Morgan fingerprint density at radius 1 is 1.36 bits per heavy atom. The van der Waals surface area contributed by atoms with Crippen LogP contribution in [0.2, 0.25) is 6.32 Å². The van der Waals surface area contributed by atoms with Gasteiger partial charge in [-0.05, 0) is 25.1 Å². The minimum Gasteiger partial charge on any atom is -0.481 e. The molecule has 0 aromatic rings. The Bertz CT molecular complexity index is 195. The standard InChI is InChI=1S/C9H17BO4/c11-9(12)8-3-1-2-7(6-8)4-5-10(13)14/h7-8,13-14H,1-6H2,(H,11,12)/t7-,8?/m0/s1. The van der Waals surface area contributed by atoms with E-state index in [1.807, 2.05) is 0 Å². The largest absolute Gasteiger partial charge is 0.481 e. The third kappa shape index (κ3) is 3.68. The third-order valence-electron chi connectivity index (χ3n) is 2.97. The highest BCUT2D eigenvalue weighted by Crippen LogP contribution is 2.32. The lowest BCUT2D eigenvalue weighted by Crippen LogP contribution is -2.23. The van der Waals surface area contributed by atoms with Gasteiger partial charge in [0.1, 0.15) is 0 Å². The predicted octanol–water partition coefficient (Wildman–Crippen LogP) is 0.740. The molecule has 2 atom stereocenters. The van der Waals surface area contributed by atoms with E-state index in [9.17, 15) is 4.79 Å². The minimum atomic E-state index is -1.25. The van der Waals surface area contributed by atoms with Gasteiger partial charge in [0.05, 0.1) is 5.92 Å². The molecule has 1 aliphatic rings. The van der Waals surface area contributed by atoms with Crippen molar-refractivity contribution in [3.63, 3.8) is 0 Å². The van der Waals surface area contributed by atoms with E-state index in [0.717, 1.165) is 25.7 Å². The first kappa shape index (κ1) is 11.5. The van der Waals surface area contributed by atoms with Crippen LogP contribution in [0, 0.1) is 11.8 Å². The Morgan fingerprint density at radius 3 is 2.64 bits per heavy atom. The molecule has 1 aliphatic carbocycles. The molecule has 1 rings (SSSR count). The lowest BCUT2D eigenvalue weighted by atomic mass is 9.74. The van der Waals surface area contributed by atoms with Crippen LogP contribution < -0.4 is 0 Å². The summed E-state index contributed by atoms with van der Waals surface area (Å²) in [7, 11) is -1.25. The SMILES string of the molecule is O=C(O)C1CCC[C@@H](CCB(O)O)C1. The summed E-state index contributed by atoms with van der Waals surface area (Å²) in [5.41, 5.74) is 0. The number of hydrogen-bond acceptors (Lipinski definition) is 3. The number of carboxylic acids is 1. The van der Waals surface area contributed by atoms with Crippen LogP contribution in [0.15, 0.2) is 0 Å². The van der Waals surface area contributed by atoms with Crippen LogP contribution in [0.1, 0.15) is 32.1 Å². The molecule has 5 heteroatoms. The van der Waals surface area contributed by atoms with Crippen molar-refractivity contribution in [3.8, 4) is 0 Å². The summed E-state index contributed by atoms with van der Waals surface area (Å²) in [6.07, 6.45) is 4.52. The highest BCUT2D eigenvalue weighted by Gasteiger charge is 2.27. The molecular weight excluding hydrogens is 183 g/mol. The molecule has 80 valence electrons. The van der Waals surface area contributed by atoms with Gasteiger partial charge in [-0.3, -0.25) is 4.79 Å². The maximum Gasteiger partial charge on any atom is 0.451 e. The van der Waals surface area contributed by atoms with Gasteiger partial charge in [-0.15, -0.1) is 0 Å². The summed E-state index contributed by atoms with van der Waals surface area (Å²) < 4.78 is 0. The van der Waals surface area contributed by atoms with Crippen molar-refractivity contribution in [2.45, 2.75) is 38.4 Å². The molecule has 0 aliphatic heterocycles. The van der Waals surface area contributed by atoms with Crippen LogP contribution in [-0.4, -0.2) is 28.2 Å². The molecule has 1 unspecified atom stereocenters. The smallest absolute Gasteiger partial charge is 0.451 e. The van der Waals surface area contributed by atoms with E-state index in [4.69, 9.17) is 15.2 Å². The number of carbonyl (C=O) groups is 1. The van der Waals surface area contributed by atoms with Gasteiger partial charge in [0.25, 0.3) is 0 Å². The van der Waals surface area contributed by atoms with Gasteiger partial charge in [0, 0.05) is 0 Å². The molecule has 4 nitrogen and oxygen atoms in total.